The van der Waals surface area contributed by atoms with E-state index in [1.54, 1.807) is 0 Å². The van der Waals surface area contributed by atoms with E-state index < -0.39 is 6.17 Å². The maximum Gasteiger partial charge on any atom is 0.134 e. The van der Waals surface area contributed by atoms with E-state index in [9.17, 15) is 4.39 Å². The largest absolute Gasteiger partial charge is 0.241 e. The molecule has 2 heteroatoms. The highest BCUT2D eigenvalue weighted by atomic mass is 127. The lowest BCUT2D eigenvalue weighted by atomic mass is 9.68. The Morgan fingerprint density at radius 3 is 2.00 bits per heavy atom. The van der Waals surface area contributed by atoms with Gasteiger partial charge in [-0.2, -0.15) is 0 Å². The molecule has 0 nitrogen and oxygen atoms in total. The van der Waals surface area contributed by atoms with E-state index in [0.717, 1.165) is 23.3 Å². The van der Waals surface area contributed by atoms with Crippen LogP contribution in [-0.2, 0) is 0 Å². The molecule has 0 heterocycles. The van der Waals surface area contributed by atoms with Gasteiger partial charge in [-0.15, -0.1) is 0 Å². The molecular weight excluding hydrogens is 422 g/mol. The second-order valence-electron chi connectivity index (χ2n) is 8.47. The molecule has 1 aromatic rings. The molecule has 140 valence electrons. The molecule has 2 aliphatic rings. The quantitative estimate of drug-likeness (QED) is 0.300. The fourth-order valence-corrected chi connectivity index (χ4v) is 5.86. The summed E-state index contributed by atoms with van der Waals surface area (Å²) in [5.41, 5.74) is 2.28. The Morgan fingerprint density at radius 1 is 0.920 bits per heavy atom. The first-order chi connectivity index (χ1) is 12.2. The summed E-state index contributed by atoms with van der Waals surface area (Å²) in [5, 5.41) is 0. The summed E-state index contributed by atoms with van der Waals surface area (Å²) in [7, 11) is 0. The second kappa shape index (κ2) is 9.71. The molecule has 0 aromatic heterocycles. The number of alkyl halides is 2. The zero-order valence-corrected chi connectivity index (χ0v) is 17.9. The van der Waals surface area contributed by atoms with Crippen LogP contribution < -0.4 is 0 Å². The highest BCUT2D eigenvalue weighted by Crippen LogP contribution is 2.44. The van der Waals surface area contributed by atoms with E-state index in [0.29, 0.717) is 10.3 Å². The van der Waals surface area contributed by atoms with Gasteiger partial charge in [-0.05, 0) is 73.3 Å². The number of hydrogen-bond donors (Lipinski definition) is 0. The monoisotopic (exact) mass is 456 g/mol. The van der Waals surface area contributed by atoms with Gasteiger partial charge in [0.25, 0.3) is 0 Å². The van der Waals surface area contributed by atoms with Crippen LogP contribution in [-0.4, -0.2) is 4.43 Å². The lowest BCUT2D eigenvalue weighted by Crippen LogP contribution is -2.25. The first-order valence-electron chi connectivity index (χ1n) is 10.5. The Hall–Kier alpha value is -0.120. The number of benzene rings is 1. The van der Waals surface area contributed by atoms with Crippen molar-refractivity contribution in [3.63, 3.8) is 0 Å². The first kappa shape index (κ1) is 19.6. The minimum Gasteiger partial charge on any atom is -0.241 e. The van der Waals surface area contributed by atoms with Crippen molar-refractivity contribution in [2.45, 2.75) is 83.2 Å². The van der Waals surface area contributed by atoms with Crippen molar-refractivity contribution in [3.8, 4) is 0 Å². The summed E-state index contributed by atoms with van der Waals surface area (Å²) in [6, 6.07) is 8.41. The van der Waals surface area contributed by atoms with E-state index in [2.05, 4.69) is 41.6 Å². The Balaban J connectivity index is 1.47. The van der Waals surface area contributed by atoms with Gasteiger partial charge in [0.15, 0.2) is 0 Å². The molecule has 0 bridgehead atoms. The molecule has 1 unspecified atom stereocenters. The average molecular weight is 456 g/mol. The van der Waals surface area contributed by atoms with E-state index in [4.69, 9.17) is 0 Å². The highest BCUT2D eigenvalue weighted by molar-refractivity contribution is 14.1. The highest BCUT2D eigenvalue weighted by Gasteiger charge is 2.31. The first-order valence-corrected chi connectivity index (χ1v) is 12.0. The Labute approximate surface area is 167 Å². The van der Waals surface area contributed by atoms with Crippen molar-refractivity contribution in [1.82, 2.24) is 0 Å². The minimum absolute atomic E-state index is 0.544. The van der Waals surface area contributed by atoms with Gasteiger partial charge in [0.1, 0.15) is 6.17 Å². The van der Waals surface area contributed by atoms with Gasteiger partial charge in [-0.1, -0.05) is 79.5 Å². The Morgan fingerprint density at radius 2 is 1.48 bits per heavy atom. The van der Waals surface area contributed by atoms with Crippen molar-refractivity contribution >= 4 is 22.6 Å². The second-order valence-corrected chi connectivity index (χ2v) is 9.35. The zero-order valence-electron chi connectivity index (χ0n) is 15.7. The van der Waals surface area contributed by atoms with Crippen molar-refractivity contribution < 1.29 is 4.39 Å². The molecule has 0 aliphatic heterocycles. The topological polar surface area (TPSA) is 0 Å². The lowest BCUT2D eigenvalue weighted by molar-refractivity contribution is 0.156. The van der Waals surface area contributed by atoms with Gasteiger partial charge < -0.3 is 0 Å². The molecule has 0 N–H and O–H groups in total. The smallest absolute Gasteiger partial charge is 0.134 e. The zero-order chi connectivity index (χ0) is 17.6. The van der Waals surface area contributed by atoms with Crippen molar-refractivity contribution in [1.29, 1.82) is 0 Å². The standard InChI is InChI=1S/C23H34FI/c1-2-3-17-4-6-18(7-5-17)19-8-10-20(11-9-19)21-12-14-22(15-13-21)23(24)16-25/h12-15,17-20,23H,2-11,16H2,1H3. The molecular formula is C23H34FI. The van der Waals surface area contributed by atoms with Crippen LogP contribution in [0.5, 0.6) is 0 Å². The van der Waals surface area contributed by atoms with Crippen LogP contribution in [0.4, 0.5) is 4.39 Å². The predicted molar refractivity (Wildman–Crippen MR) is 114 cm³/mol. The molecule has 25 heavy (non-hydrogen) atoms. The Bertz CT molecular complexity index is 495. The minimum atomic E-state index is -0.812. The maximum atomic E-state index is 13.8. The van der Waals surface area contributed by atoms with E-state index in [1.807, 2.05) is 12.1 Å². The van der Waals surface area contributed by atoms with Gasteiger partial charge in [0.2, 0.25) is 0 Å². The molecule has 0 spiro atoms. The van der Waals surface area contributed by atoms with Crippen molar-refractivity contribution in [3.05, 3.63) is 35.4 Å². The van der Waals surface area contributed by atoms with Crippen LogP contribution in [0, 0.1) is 17.8 Å². The van der Waals surface area contributed by atoms with Crippen LogP contribution in [0.15, 0.2) is 24.3 Å². The summed E-state index contributed by atoms with van der Waals surface area (Å²) >= 11 is 2.12. The SMILES string of the molecule is CCCC1CCC(C2CCC(c3ccc(C(F)CI)cc3)CC2)CC1. The molecule has 2 aliphatic carbocycles. The molecule has 0 saturated heterocycles. The van der Waals surface area contributed by atoms with Crippen molar-refractivity contribution in [2.75, 3.05) is 4.43 Å². The third-order valence-electron chi connectivity index (χ3n) is 6.93. The van der Waals surface area contributed by atoms with E-state index >= 15 is 0 Å². The van der Waals surface area contributed by atoms with E-state index in [-0.39, 0.29) is 0 Å². The summed E-state index contributed by atoms with van der Waals surface area (Å²) in [6.45, 7) is 2.33. The fourth-order valence-electron chi connectivity index (χ4n) is 5.35. The van der Waals surface area contributed by atoms with Crippen LogP contribution in [0.3, 0.4) is 0 Å². The summed E-state index contributed by atoms with van der Waals surface area (Å²) < 4.78 is 14.3. The molecule has 0 radical (unpaired) electrons. The van der Waals surface area contributed by atoms with Gasteiger partial charge in [-0.3, -0.25) is 0 Å². The van der Waals surface area contributed by atoms with E-state index in [1.165, 1.54) is 69.8 Å². The number of halogens is 2. The maximum absolute atomic E-state index is 13.8. The predicted octanol–water partition coefficient (Wildman–Crippen LogP) is 8.01. The molecule has 0 amide bonds. The number of hydrogen-bond acceptors (Lipinski definition) is 0. The third kappa shape index (κ3) is 5.20. The Kier molecular flexibility index (Phi) is 7.63. The van der Waals surface area contributed by atoms with Crippen LogP contribution in [0.25, 0.3) is 0 Å². The van der Waals surface area contributed by atoms with Crippen molar-refractivity contribution in [2.24, 2.45) is 17.8 Å². The summed E-state index contributed by atoms with van der Waals surface area (Å²) in [6.07, 6.45) is 13.5. The van der Waals surface area contributed by atoms with Gasteiger partial charge in [-0.25, -0.2) is 4.39 Å². The van der Waals surface area contributed by atoms with Gasteiger partial charge >= 0.3 is 0 Å². The molecule has 3 rings (SSSR count). The number of rotatable bonds is 6. The molecule has 2 fully saturated rings. The third-order valence-corrected chi connectivity index (χ3v) is 7.71. The molecule has 1 atom stereocenters. The van der Waals surface area contributed by atoms with Crippen LogP contribution in [0.1, 0.15) is 94.3 Å². The fraction of sp³-hybridized carbons (Fsp3) is 0.739. The van der Waals surface area contributed by atoms with Crippen LogP contribution >= 0.6 is 22.6 Å². The summed E-state index contributed by atoms with van der Waals surface area (Å²) in [5.74, 6) is 3.72. The normalized spacial score (nSPS) is 31.6. The average Bonchev–Trinajstić information content (AvgIpc) is 2.68. The molecule has 1 aromatic carbocycles. The van der Waals surface area contributed by atoms with Crippen LogP contribution in [0.2, 0.25) is 0 Å². The summed E-state index contributed by atoms with van der Waals surface area (Å²) in [4.78, 5) is 0. The van der Waals surface area contributed by atoms with Gasteiger partial charge in [0, 0.05) is 4.43 Å². The lowest BCUT2D eigenvalue weighted by Gasteiger charge is -2.38. The van der Waals surface area contributed by atoms with Gasteiger partial charge in [0.05, 0.1) is 0 Å². The molecule has 2 saturated carbocycles.